The first-order chi connectivity index (χ1) is 11.3. The largest absolute Gasteiger partial charge is 0.504 e. The number of benzene rings is 3. The van der Waals surface area contributed by atoms with Crippen molar-refractivity contribution in [2.24, 2.45) is 0 Å². The predicted octanol–water partition coefficient (Wildman–Crippen LogP) is 5.72. The van der Waals surface area contributed by atoms with Crippen LogP contribution in [-0.4, -0.2) is 5.11 Å². The van der Waals surface area contributed by atoms with Crippen molar-refractivity contribution in [1.82, 2.24) is 0 Å². The van der Waals surface area contributed by atoms with Crippen LogP contribution in [0.5, 0.6) is 28.7 Å². The van der Waals surface area contributed by atoms with E-state index in [0.29, 0.717) is 28.6 Å². The summed E-state index contributed by atoms with van der Waals surface area (Å²) in [5.41, 5.74) is 0.654. The van der Waals surface area contributed by atoms with Crippen molar-refractivity contribution in [1.29, 1.82) is 0 Å². The molecule has 4 heteroatoms. The molecule has 0 spiro atoms. The topological polar surface area (TPSA) is 38.7 Å². The first-order valence-electron chi connectivity index (χ1n) is 7.14. The van der Waals surface area contributed by atoms with E-state index in [4.69, 9.17) is 21.1 Å². The highest BCUT2D eigenvalue weighted by molar-refractivity contribution is 6.17. The molecule has 0 saturated heterocycles. The van der Waals surface area contributed by atoms with Crippen molar-refractivity contribution < 1.29 is 14.6 Å². The normalized spacial score (nSPS) is 10.3. The second kappa shape index (κ2) is 7.07. The Morgan fingerprint density at radius 2 is 1.30 bits per heavy atom. The van der Waals surface area contributed by atoms with Crippen LogP contribution in [-0.2, 0) is 5.88 Å². The smallest absolute Gasteiger partial charge is 0.173 e. The van der Waals surface area contributed by atoms with Crippen LogP contribution in [0.15, 0.2) is 72.8 Å². The molecule has 23 heavy (non-hydrogen) atoms. The summed E-state index contributed by atoms with van der Waals surface area (Å²) in [4.78, 5) is 0. The molecule has 3 nitrogen and oxygen atoms in total. The molecule has 0 fully saturated rings. The van der Waals surface area contributed by atoms with Gasteiger partial charge >= 0.3 is 0 Å². The Balaban J connectivity index is 1.90. The van der Waals surface area contributed by atoms with Crippen LogP contribution in [0.1, 0.15) is 5.56 Å². The van der Waals surface area contributed by atoms with Crippen LogP contribution < -0.4 is 9.47 Å². The van der Waals surface area contributed by atoms with E-state index in [2.05, 4.69) is 0 Å². The van der Waals surface area contributed by atoms with Crippen LogP contribution in [0.2, 0.25) is 0 Å². The molecule has 0 aliphatic rings. The van der Waals surface area contributed by atoms with Crippen LogP contribution in [0.3, 0.4) is 0 Å². The first-order valence-corrected chi connectivity index (χ1v) is 7.67. The van der Waals surface area contributed by atoms with E-state index in [0.717, 1.165) is 0 Å². The van der Waals surface area contributed by atoms with Crippen LogP contribution >= 0.6 is 11.6 Å². The number of ether oxygens (including phenoxy) is 2. The van der Waals surface area contributed by atoms with Gasteiger partial charge in [0.1, 0.15) is 17.2 Å². The maximum Gasteiger partial charge on any atom is 0.173 e. The fraction of sp³-hybridized carbons (Fsp3) is 0.0526. The van der Waals surface area contributed by atoms with E-state index >= 15 is 0 Å². The Morgan fingerprint density at radius 3 is 1.87 bits per heavy atom. The highest BCUT2D eigenvalue weighted by Crippen LogP contribution is 2.39. The summed E-state index contributed by atoms with van der Waals surface area (Å²) in [5.74, 6) is 2.34. The molecule has 0 unspecified atom stereocenters. The average Bonchev–Trinajstić information content (AvgIpc) is 2.59. The second-order valence-corrected chi connectivity index (χ2v) is 5.16. The standard InChI is InChI=1S/C19H15ClO3/c20-13-14-11-17(22-15-7-3-1-4-8-15)12-18(21)19(14)23-16-9-5-2-6-10-16/h1-12,21H,13H2. The second-order valence-electron chi connectivity index (χ2n) is 4.89. The van der Waals surface area contributed by atoms with Gasteiger partial charge in [0.2, 0.25) is 0 Å². The number of rotatable bonds is 5. The molecule has 0 aromatic heterocycles. The number of hydrogen-bond acceptors (Lipinski definition) is 3. The van der Waals surface area contributed by atoms with Crippen molar-refractivity contribution in [3.63, 3.8) is 0 Å². The SMILES string of the molecule is Oc1cc(Oc2ccccc2)cc(CCl)c1Oc1ccccc1. The van der Waals surface area contributed by atoms with Crippen molar-refractivity contribution in [3.05, 3.63) is 78.4 Å². The van der Waals surface area contributed by atoms with Crippen molar-refractivity contribution in [2.45, 2.75) is 5.88 Å². The lowest BCUT2D eigenvalue weighted by Crippen LogP contribution is -1.93. The summed E-state index contributed by atoms with van der Waals surface area (Å²) in [6.07, 6.45) is 0. The van der Waals surface area contributed by atoms with Gasteiger partial charge in [-0.1, -0.05) is 36.4 Å². The fourth-order valence-electron chi connectivity index (χ4n) is 2.15. The van der Waals surface area contributed by atoms with E-state index in [-0.39, 0.29) is 11.6 Å². The van der Waals surface area contributed by atoms with Gasteiger partial charge in [-0.2, -0.15) is 0 Å². The van der Waals surface area contributed by atoms with Crippen molar-refractivity contribution >= 4 is 11.6 Å². The lowest BCUT2D eigenvalue weighted by atomic mass is 10.2. The van der Waals surface area contributed by atoms with Gasteiger partial charge in [0.05, 0.1) is 5.88 Å². The van der Waals surface area contributed by atoms with Gasteiger partial charge in [-0.25, -0.2) is 0 Å². The Bertz CT molecular complexity index is 773. The molecule has 0 bridgehead atoms. The maximum atomic E-state index is 10.3. The molecule has 1 N–H and O–H groups in total. The zero-order valence-corrected chi connectivity index (χ0v) is 13.0. The minimum atomic E-state index is -0.0158. The molecule has 3 aromatic carbocycles. The highest BCUT2D eigenvalue weighted by atomic mass is 35.5. The lowest BCUT2D eigenvalue weighted by molar-refractivity contribution is 0.402. The maximum absolute atomic E-state index is 10.3. The predicted molar refractivity (Wildman–Crippen MR) is 90.7 cm³/mol. The molecule has 0 saturated carbocycles. The van der Waals surface area contributed by atoms with E-state index in [9.17, 15) is 5.11 Å². The lowest BCUT2D eigenvalue weighted by Gasteiger charge is -2.14. The minimum Gasteiger partial charge on any atom is -0.504 e. The number of phenolic OH excluding ortho intramolecular Hbond substituents is 1. The number of alkyl halides is 1. The first kappa shape index (κ1) is 15.3. The Kier molecular flexibility index (Phi) is 4.69. The molecule has 0 amide bonds. The highest BCUT2D eigenvalue weighted by Gasteiger charge is 2.13. The third kappa shape index (κ3) is 3.76. The van der Waals surface area contributed by atoms with E-state index in [1.54, 1.807) is 6.07 Å². The summed E-state index contributed by atoms with van der Waals surface area (Å²) in [5, 5.41) is 10.3. The zero-order valence-electron chi connectivity index (χ0n) is 12.3. The summed E-state index contributed by atoms with van der Waals surface area (Å²) in [6.45, 7) is 0. The summed E-state index contributed by atoms with van der Waals surface area (Å²) in [6, 6.07) is 21.9. The van der Waals surface area contributed by atoms with Crippen LogP contribution in [0.4, 0.5) is 0 Å². The molecule has 3 aromatic rings. The fourth-order valence-corrected chi connectivity index (χ4v) is 2.35. The molecular formula is C19H15ClO3. The summed E-state index contributed by atoms with van der Waals surface area (Å²) in [7, 11) is 0. The van der Waals surface area contributed by atoms with Gasteiger partial charge in [-0.05, 0) is 30.3 Å². The molecule has 0 aliphatic heterocycles. The van der Waals surface area contributed by atoms with Crippen molar-refractivity contribution in [3.8, 4) is 28.7 Å². The van der Waals surface area contributed by atoms with Crippen LogP contribution in [0, 0.1) is 0 Å². The minimum absolute atomic E-state index is 0.0158. The van der Waals surface area contributed by atoms with Crippen molar-refractivity contribution in [2.75, 3.05) is 0 Å². The number of halogens is 1. The van der Waals surface area contributed by atoms with E-state index in [1.807, 2.05) is 60.7 Å². The third-order valence-electron chi connectivity index (χ3n) is 3.21. The summed E-state index contributed by atoms with van der Waals surface area (Å²) >= 11 is 6.00. The molecule has 0 aliphatic carbocycles. The summed E-state index contributed by atoms with van der Waals surface area (Å²) < 4.78 is 11.5. The zero-order chi connectivity index (χ0) is 16.1. The molecule has 0 heterocycles. The number of hydrogen-bond donors (Lipinski definition) is 1. The van der Waals surface area contributed by atoms with Gasteiger partial charge in [0, 0.05) is 11.6 Å². The number of phenols is 1. The molecule has 116 valence electrons. The molecule has 0 radical (unpaired) electrons. The Hall–Kier alpha value is -2.65. The average molecular weight is 327 g/mol. The quantitative estimate of drug-likeness (QED) is 0.610. The van der Waals surface area contributed by atoms with Crippen LogP contribution in [0.25, 0.3) is 0 Å². The van der Waals surface area contributed by atoms with Gasteiger partial charge in [-0.3, -0.25) is 0 Å². The number of para-hydroxylation sites is 2. The van der Waals surface area contributed by atoms with Gasteiger partial charge in [-0.15, -0.1) is 11.6 Å². The third-order valence-corrected chi connectivity index (χ3v) is 3.49. The monoisotopic (exact) mass is 326 g/mol. The van der Waals surface area contributed by atoms with Gasteiger partial charge in [0.15, 0.2) is 11.5 Å². The molecular weight excluding hydrogens is 312 g/mol. The molecule has 3 rings (SSSR count). The van der Waals surface area contributed by atoms with Gasteiger partial charge in [0.25, 0.3) is 0 Å². The van der Waals surface area contributed by atoms with E-state index in [1.165, 1.54) is 6.07 Å². The number of aromatic hydroxyl groups is 1. The van der Waals surface area contributed by atoms with Gasteiger partial charge < -0.3 is 14.6 Å². The molecule has 0 atom stereocenters. The Morgan fingerprint density at radius 1 is 0.739 bits per heavy atom. The van der Waals surface area contributed by atoms with E-state index < -0.39 is 0 Å². The Labute approximate surface area is 139 Å².